The molecule has 1 amide bonds. The van der Waals surface area contributed by atoms with Crippen LogP contribution in [0.5, 0.6) is 0 Å². The lowest BCUT2D eigenvalue weighted by Gasteiger charge is -2.10. The predicted octanol–water partition coefficient (Wildman–Crippen LogP) is 2.14. The molecule has 172 valence electrons. The molecule has 0 unspecified atom stereocenters. The first kappa shape index (κ1) is 22.9. The third-order valence-electron chi connectivity index (χ3n) is 4.88. The van der Waals surface area contributed by atoms with Crippen LogP contribution in [0.25, 0.3) is 0 Å². The van der Waals surface area contributed by atoms with Crippen molar-refractivity contribution in [3.05, 3.63) is 95.6 Å². The Hall–Kier alpha value is -4.31. The number of aliphatic imine (C=N–C) groups is 1. The third-order valence-corrected chi connectivity index (χ3v) is 6.27. The van der Waals surface area contributed by atoms with Gasteiger partial charge in [0.1, 0.15) is 12.4 Å². The first-order chi connectivity index (χ1) is 16.3. The first-order valence-electron chi connectivity index (χ1n) is 10.2. The number of carbonyl (C=O) groups is 3. The fourth-order valence-electron chi connectivity index (χ4n) is 3.31. The Morgan fingerprint density at radius 2 is 1.56 bits per heavy atom. The van der Waals surface area contributed by atoms with Gasteiger partial charge in [-0.25, -0.2) is 8.42 Å². The summed E-state index contributed by atoms with van der Waals surface area (Å²) < 4.78 is 31.4. The normalized spacial score (nSPS) is 14.6. The molecule has 0 bridgehead atoms. The maximum Gasteiger partial charge on any atom is 0.328 e. The van der Waals surface area contributed by atoms with Crippen molar-refractivity contribution in [2.24, 2.45) is 4.99 Å². The maximum atomic E-state index is 12.8. The molecule has 1 aliphatic rings. The lowest BCUT2D eigenvalue weighted by Crippen LogP contribution is -2.25. The fourth-order valence-corrected chi connectivity index (χ4v) is 4.56. The summed E-state index contributed by atoms with van der Waals surface area (Å²) in [6.45, 7) is -1.08. The molecule has 0 spiro atoms. The molecule has 4 rings (SSSR count). The van der Waals surface area contributed by atoms with Gasteiger partial charge in [-0.3, -0.25) is 24.1 Å². The number of nitrogens with zero attached hydrogens (tertiary/aromatic N) is 1. The molecule has 34 heavy (non-hydrogen) atoms. The van der Waals surface area contributed by atoms with Gasteiger partial charge in [-0.15, -0.1) is 0 Å². The molecule has 9 nitrogen and oxygen atoms in total. The summed E-state index contributed by atoms with van der Waals surface area (Å²) in [5.41, 5.74) is 1.41. The van der Waals surface area contributed by atoms with Crippen LogP contribution in [0, 0.1) is 0 Å². The summed E-state index contributed by atoms with van der Waals surface area (Å²) >= 11 is 0. The molecule has 2 N–H and O–H groups in total. The van der Waals surface area contributed by atoms with Crippen molar-refractivity contribution in [1.29, 1.82) is 0 Å². The molecule has 0 saturated heterocycles. The molecule has 0 fully saturated rings. The molecule has 3 aromatic rings. The van der Waals surface area contributed by atoms with Gasteiger partial charge < -0.3 is 10.1 Å². The van der Waals surface area contributed by atoms with Crippen LogP contribution in [0.1, 0.15) is 21.5 Å². The van der Waals surface area contributed by atoms with Crippen molar-refractivity contribution in [2.45, 2.75) is 4.90 Å². The van der Waals surface area contributed by atoms with E-state index in [2.05, 4.69) is 15.0 Å². The Kier molecular flexibility index (Phi) is 6.51. The van der Waals surface area contributed by atoms with Crippen LogP contribution in [-0.2, 0) is 24.3 Å². The smallest absolute Gasteiger partial charge is 0.328 e. The van der Waals surface area contributed by atoms with E-state index < -0.39 is 35.1 Å². The maximum absolute atomic E-state index is 12.8. The van der Waals surface area contributed by atoms with Gasteiger partial charge in [0.05, 0.1) is 10.6 Å². The zero-order valence-electron chi connectivity index (χ0n) is 17.7. The van der Waals surface area contributed by atoms with Crippen LogP contribution in [0.4, 0.5) is 5.69 Å². The van der Waals surface area contributed by atoms with Crippen molar-refractivity contribution >= 4 is 39.2 Å². The molecule has 1 heterocycles. The van der Waals surface area contributed by atoms with E-state index in [0.717, 1.165) is 0 Å². The van der Waals surface area contributed by atoms with E-state index in [-0.39, 0.29) is 22.2 Å². The van der Waals surface area contributed by atoms with Crippen LogP contribution in [-0.4, -0.2) is 45.1 Å². The van der Waals surface area contributed by atoms with Crippen molar-refractivity contribution in [3.8, 4) is 0 Å². The first-order valence-corrected chi connectivity index (χ1v) is 11.6. The number of rotatable bonds is 7. The number of ether oxygens (including phenoxy) is 1. The minimum atomic E-state index is -3.72. The minimum absolute atomic E-state index is 0.0327. The average molecular weight is 477 g/mol. The van der Waals surface area contributed by atoms with Crippen LogP contribution < -0.4 is 10.0 Å². The number of nitrogens with one attached hydrogen (secondary N) is 2. The number of anilines is 1. The highest BCUT2D eigenvalue weighted by atomic mass is 32.2. The second-order valence-electron chi connectivity index (χ2n) is 7.22. The number of hydrogen-bond acceptors (Lipinski definition) is 7. The average Bonchev–Trinajstić information content (AvgIpc) is 3.12. The minimum Gasteiger partial charge on any atom is -0.454 e. The number of sulfonamides is 1. The fraction of sp³-hybridized carbons (Fsp3) is 0.0833. The Morgan fingerprint density at radius 3 is 2.35 bits per heavy atom. The Labute approximate surface area is 195 Å². The van der Waals surface area contributed by atoms with E-state index in [1.54, 1.807) is 72.8 Å². The number of ketones is 1. The van der Waals surface area contributed by atoms with Crippen molar-refractivity contribution in [3.63, 3.8) is 0 Å². The highest BCUT2D eigenvalue weighted by molar-refractivity contribution is 7.90. The summed E-state index contributed by atoms with van der Waals surface area (Å²) in [6, 6.07) is 21.4. The predicted molar refractivity (Wildman–Crippen MR) is 124 cm³/mol. The molecule has 0 aromatic heterocycles. The molecule has 10 heteroatoms. The number of amidine groups is 1. The molecule has 0 aliphatic carbocycles. The number of carbonyl (C=O) groups excluding carboxylic acids is 3. The van der Waals surface area contributed by atoms with Gasteiger partial charge in [-0.05, 0) is 24.3 Å². The number of esters is 1. The van der Waals surface area contributed by atoms with Gasteiger partial charge in [0, 0.05) is 16.7 Å². The lowest BCUT2D eigenvalue weighted by atomic mass is 10.0. The highest BCUT2D eigenvalue weighted by Gasteiger charge is 2.30. The molecule has 0 atom stereocenters. The SMILES string of the molecule is O=C(COC(=O)CN=C1NS(=O)(=O)c2ccccc21)Nc1ccccc1C(=O)c1ccccc1. The van der Waals surface area contributed by atoms with E-state index in [4.69, 9.17) is 4.74 Å². The largest absolute Gasteiger partial charge is 0.454 e. The summed E-state index contributed by atoms with van der Waals surface area (Å²) in [7, 11) is -3.72. The van der Waals surface area contributed by atoms with Crippen LogP contribution in [0.3, 0.4) is 0 Å². The zero-order valence-corrected chi connectivity index (χ0v) is 18.5. The number of para-hydroxylation sites is 1. The van der Waals surface area contributed by atoms with Crippen molar-refractivity contribution in [2.75, 3.05) is 18.5 Å². The van der Waals surface area contributed by atoms with Gasteiger partial charge in [0.2, 0.25) is 0 Å². The molecule has 0 radical (unpaired) electrons. The Bertz CT molecular complexity index is 1400. The number of benzene rings is 3. The zero-order chi connectivity index (χ0) is 24.1. The van der Waals surface area contributed by atoms with Gasteiger partial charge in [-0.2, -0.15) is 0 Å². The summed E-state index contributed by atoms with van der Waals surface area (Å²) in [5.74, 6) is -1.69. The quantitative estimate of drug-likeness (QED) is 0.396. The second kappa shape index (κ2) is 9.67. The number of hydrogen-bond donors (Lipinski definition) is 2. The highest BCUT2D eigenvalue weighted by Crippen LogP contribution is 2.22. The van der Waals surface area contributed by atoms with Crippen LogP contribution in [0.15, 0.2) is 88.8 Å². The van der Waals surface area contributed by atoms with Gasteiger partial charge >= 0.3 is 5.97 Å². The molecule has 1 aliphatic heterocycles. The Balaban J connectivity index is 1.35. The Morgan fingerprint density at radius 1 is 0.882 bits per heavy atom. The standard InChI is InChI=1S/C24H19N3O6S/c28-21(26-19-12-6-4-10-17(19)23(30)16-8-2-1-3-9-16)15-33-22(29)14-25-24-18-11-5-7-13-20(18)34(31,32)27-24/h1-13H,14-15H2,(H,25,27)(H,26,28). The van der Waals surface area contributed by atoms with Crippen molar-refractivity contribution < 1.29 is 27.5 Å². The lowest BCUT2D eigenvalue weighted by molar-refractivity contribution is -0.145. The van der Waals surface area contributed by atoms with Gasteiger partial charge in [0.15, 0.2) is 12.4 Å². The summed E-state index contributed by atoms with van der Waals surface area (Å²) in [4.78, 5) is 41.2. The number of fused-ring (bicyclic) bond motifs is 1. The van der Waals surface area contributed by atoms with Crippen LogP contribution >= 0.6 is 0 Å². The van der Waals surface area contributed by atoms with E-state index >= 15 is 0 Å². The third kappa shape index (κ3) is 5.02. The van der Waals surface area contributed by atoms with E-state index in [0.29, 0.717) is 16.7 Å². The topological polar surface area (TPSA) is 131 Å². The second-order valence-corrected chi connectivity index (χ2v) is 8.87. The number of amides is 1. The van der Waals surface area contributed by atoms with Crippen LogP contribution in [0.2, 0.25) is 0 Å². The summed E-state index contributed by atoms with van der Waals surface area (Å²) in [5, 5.41) is 2.57. The van der Waals surface area contributed by atoms with Gasteiger partial charge in [0.25, 0.3) is 15.9 Å². The molecular weight excluding hydrogens is 458 g/mol. The summed E-state index contributed by atoms with van der Waals surface area (Å²) in [6.07, 6.45) is 0. The molecular formula is C24H19N3O6S. The van der Waals surface area contributed by atoms with E-state index in [1.165, 1.54) is 6.07 Å². The monoisotopic (exact) mass is 477 g/mol. The van der Waals surface area contributed by atoms with E-state index in [1.807, 2.05) is 0 Å². The van der Waals surface area contributed by atoms with Gasteiger partial charge in [-0.1, -0.05) is 54.6 Å². The molecule has 3 aromatic carbocycles. The molecule has 0 saturated carbocycles. The van der Waals surface area contributed by atoms with E-state index in [9.17, 15) is 22.8 Å². The van der Waals surface area contributed by atoms with Crippen molar-refractivity contribution in [1.82, 2.24) is 4.72 Å².